The van der Waals surface area contributed by atoms with Crippen LogP contribution < -0.4 is 10.6 Å². The van der Waals surface area contributed by atoms with Gasteiger partial charge in [0, 0.05) is 33.1 Å². The van der Waals surface area contributed by atoms with Gasteiger partial charge in [-0.25, -0.2) is 4.98 Å². The van der Waals surface area contributed by atoms with Crippen LogP contribution in [0.25, 0.3) is 0 Å². The predicted octanol–water partition coefficient (Wildman–Crippen LogP) is 1.04. The maximum absolute atomic E-state index is 11.3. The molecule has 0 spiro atoms. The molecule has 1 aliphatic rings. The molecule has 6 heteroatoms. The van der Waals surface area contributed by atoms with Crippen molar-refractivity contribution in [2.45, 2.75) is 32.4 Å². The van der Waals surface area contributed by atoms with Crippen molar-refractivity contribution >= 4 is 17.4 Å². The number of carbonyl (C=O) groups is 1. The zero-order chi connectivity index (χ0) is 14.5. The first-order chi connectivity index (χ1) is 9.63. The molecule has 0 atom stereocenters. The van der Waals surface area contributed by atoms with E-state index in [2.05, 4.69) is 15.6 Å². The Morgan fingerprint density at radius 3 is 2.70 bits per heavy atom. The van der Waals surface area contributed by atoms with E-state index < -0.39 is 0 Å². The molecule has 0 aliphatic carbocycles. The van der Waals surface area contributed by atoms with Crippen LogP contribution in [0.15, 0.2) is 12.1 Å². The van der Waals surface area contributed by atoms with Crippen molar-refractivity contribution in [3.63, 3.8) is 0 Å². The highest BCUT2D eigenvalue weighted by Gasteiger charge is 2.21. The molecule has 110 valence electrons. The van der Waals surface area contributed by atoms with E-state index >= 15 is 0 Å². The Kier molecular flexibility index (Phi) is 4.79. The first-order valence-corrected chi connectivity index (χ1v) is 6.94. The number of hydrogen-bond donors (Lipinski definition) is 3. The molecule has 0 aromatic carbocycles. The van der Waals surface area contributed by atoms with E-state index in [0.717, 1.165) is 37.4 Å². The van der Waals surface area contributed by atoms with Gasteiger partial charge in [-0.15, -0.1) is 0 Å². The van der Waals surface area contributed by atoms with Gasteiger partial charge in [-0.2, -0.15) is 0 Å². The molecule has 0 unspecified atom stereocenters. The molecule has 1 amide bonds. The van der Waals surface area contributed by atoms with E-state index in [9.17, 15) is 9.90 Å². The summed E-state index contributed by atoms with van der Waals surface area (Å²) in [7, 11) is 1.85. The molecule has 20 heavy (non-hydrogen) atoms. The monoisotopic (exact) mass is 278 g/mol. The zero-order valence-electron chi connectivity index (χ0n) is 12.0. The fourth-order valence-electron chi connectivity index (χ4n) is 2.43. The normalized spacial score (nSPS) is 16.1. The standard InChI is InChI=1S/C14H22N4O2/c1-10(20)18-7-5-11(6-8-18)16-14-13(15-2)4-3-12(9-19)17-14/h3-4,11,15,19H,5-9H2,1-2H3,(H,16,17). The maximum atomic E-state index is 11.3. The summed E-state index contributed by atoms with van der Waals surface area (Å²) in [6, 6.07) is 4.01. The zero-order valence-corrected chi connectivity index (χ0v) is 12.0. The lowest BCUT2D eigenvalue weighted by molar-refractivity contribution is -0.129. The average molecular weight is 278 g/mol. The number of carbonyl (C=O) groups excluding carboxylic acids is 1. The van der Waals surface area contributed by atoms with Gasteiger partial charge in [0.1, 0.15) is 5.82 Å². The minimum atomic E-state index is -0.0680. The summed E-state index contributed by atoms with van der Waals surface area (Å²) in [6.45, 7) is 3.10. The Labute approximate surface area is 119 Å². The molecular formula is C14H22N4O2. The molecule has 3 N–H and O–H groups in total. The number of rotatable bonds is 4. The van der Waals surface area contributed by atoms with E-state index in [0.29, 0.717) is 11.7 Å². The molecule has 1 aromatic heterocycles. The van der Waals surface area contributed by atoms with E-state index in [4.69, 9.17) is 0 Å². The van der Waals surface area contributed by atoms with Gasteiger partial charge in [-0.3, -0.25) is 4.79 Å². The molecule has 6 nitrogen and oxygen atoms in total. The van der Waals surface area contributed by atoms with Crippen molar-refractivity contribution in [1.29, 1.82) is 0 Å². The fourth-order valence-corrected chi connectivity index (χ4v) is 2.43. The van der Waals surface area contributed by atoms with E-state index in [1.54, 1.807) is 13.0 Å². The smallest absolute Gasteiger partial charge is 0.219 e. The van der Waals surface area contributed by atoms with Gasteiger partial charge in [0.25, 0.3) is 0 Å². The highest BCUT2D eigenvalue weighted by Crippen LogP contribution is 2.23. The maximum Gasteiger partial charge on any atom is 0.219 e. The number of piperidine rings is 1. The van der Waals surface area contributed by atoms with Gasteiger partial charge in [-0.1, -0.05) is 0 Å². The summed E-state index contributed by atoms with van der Waals surface area (Å²) in [6.07, 6.45) is 1.82. The van der Waals surface area contributed by atoms with Crippen LogP contribution >= 0.6 is 0 Å². The summed E-state index contributed by atoms with van der Waals surface area (Å²) in [5, 5.41) is 15.7. The van der Waals surface area contributed by atoms with Crippen LogP contribution in [0.5, 0.6) is 0 Å². The van der Waals surface area contributed by atoms with Crippen LogP contribution in [0.1, 0.15) is 25.5 Å². The summed E-state index contributed by atoms with van der Waals surface area (Å²) in [5.74, 6) is 0.903. The van der Waals surface area contributed by atoms with Crippen LogP contribution in [-0.2, 0) is 11.4 Å². The Bertz CT molecular complexity index is 470. The van der Waals surface area contributed by atoms with Crippen LogP contribution in [-0.4, -0.2) is 47.1 Å². The second-order valence-electron chi connectivity index (χ2n) is 5.03. The Morgan fingerprint density at radius 1 is 1.45 bits per heavy atom. The van der Waals surface area contributed by atoms with Crippen LogP contribution in [0.4, 0.5) is 11.5 Å². The first-order valence-electron chi connectivity index (χ1n) is 6.94. The predicted molar refractivity (Wildman–Crippen MR) is 78.6 cm³/mol. The quantitative estimate of drug-likeness (QED) is 0.767. The van der Waals surface area contributed by atoms with Gasteiger partial charge in [0.15, 0.2) is 0 Å². The molecule has 1 saturated heterocycles. The summed E-state index contributed by atoms with van der Waals surface area (Å²) in [5.41, 5.74) is 1.56. The van der Waals surface area contributed by atoms with Crippen molar-refractivity contribution in [1.82, 2.24) is 9.88 Å². The number of aliphatic hydroxyl groups excluding tert-OH is 1. The third kappa shape index (κ3) is 3.39. The minimum Gasteiger partial charge on any atom is -0.390 e. The van der Waals surface area contributed by atoms with Crippen molar-refractivity contribution < 1.29 is 9.90 Å². The lowest BCUT2D eigenvalue weighted by Crippen LogP contribution is -2.41. The molecular weight excluding hydrogens is 256 g/mol. The summed E-state index contributed by atoms with van der Waals surface area (Å²) < 4.78 is 0. The van der Waals surface area contributed by atoms with Crippen LogP contribution in [0.2, 0.25) is 0 Å². The second kappa shape index (κ2) is 6.56. The third-order valence-corrected chi connectivity index (χ3v) is 3.67. The molecule has 1 fully saturated rings. The van der Waals surface area contributed by atoms with E-state index in [1.165, 1.54) is 0 Å². The van der Waals surface area contributed by atoms with Gasteiger partial charge in [0.05, 0.1) is 18.0 Å². The van der Waals surface area contributed by atoms with Crippen molar-refractivity contribution in [3.8, 4) is 0 Å². The van der Waals surface area contributed by atoms with Gasteiger partial charge >= 0.3 is 0 Å². The van der Waals surface area contributed by atoms with Crippen LogP contribution in [0, 0.1) is 0 Å². The molecule has 0 bridgehead atoms. The first kappa shape index (κ1) is 14.6. The van der Waals surface area contributed by atoms with Gasteiger partial charge in [0.2, 0.25) is 5.91 Å². The third-order valence-electron chi connectivity index (χ3n) is 3.67. The Hall–Kier alpha value is -1.82. The lowest BCUT2D eigenvalue weighted by Gasteiger charge is -2.32. The summed E-state index contributed by atoms with van der Waals surface area (Å²) >= 11 is 0. The van der Waals surface area contributed by atoms with Gasteiger partial charge < -0.3 is 20.6 Å². The summed E-state index contributed by atoms with van der Waals surface area (Å²) in [4.78, 5) is 17.6. The Morgan fingerprint density at radius 2 is 2.15 bits per heavy atom. The molecule has 1 aromatic rings. The SMILES string of the molecule is CNc1ccc(CO)nc1NC1CCN(C(C)=O)CC1. The topological polar surface area (TPSA) is 77.5 Å². The minimum absolute atomic E-state index is 0.0680. The highest BCUT2D eigenvalue weighted by atomic mass is 16.3. The fraction of sp³-hybridized carbons (Fsp3) is 0.571. The number of pyridine rings is 1. The number of anilines is 2. The number of aliphatic hydroxyl groups is 1. The van der Waals surface area contributed by atoms with Crippen molar-refractivity contribution in [2.75, 3.05) is 30.8 Å². The number of nitrogens with zero attached hydrogens (tertiary/aromatic N) is 2. The number of aromatic nitrogens is 1. The molecule has 2 heterocycles. The van der Waals surface area contributed by atoms with Crippen molar-refractivity contribution in [3.05, 3.63) is 17.8 Å². The van der Waals surface area contributed by atoms with E-state index in [1.807, 2.05) is 18.0 Å². The molecule has 0 saturated carbocycles. The van der Waals surface area contributed by atoms with E-state index in [-0.39, 0.29) is 12.5 Å². The average Bonchev–Trinajstić information content (AvgIpc) is 2.47. The van der Waals surface area contributed by atoms with Gasteiger partial charge in [-0.05, 0) is 25.0 Å². The number of nitrogens with one attached hydrogen (secondary N) is 2. The largest absolute Gasteiger partial charge is 0.390 e. The van der Waals surface area contributed by atoms with Crippen molar-refractivity contribution in [2.24, 2.45) is 0 Å². The molecule has 1 aliphatic heterocycles. The number of hydrogen-bond acceptors (Lipinski definition) is 5. The van der Waals surface area contributed by atoms with Crippen LogP contribution in [0.3, 0.4) is 0 Å². The highest BCUT2D eigenvalue weighted by molar-refractivity contribution is 5.73. The Balaban J connectivity index is 2.01. The molecule has 0 radical (unpaired) electrons. The number of likely N-dealkylation sites (tertiary alicyclic amines) is 1. The lowest BCUT2D eigenvalue weighted by atomic mass is 10.0. The number of amides is 1. The second-order valence-corrected chi connectivity index (χ2v) is 5.03. The molecule has 2 rings (SSSR count).